The first-order valence-electron chi connectivity index (χ1n) is 14.4. The number of ether oxygens (including phenoxy) is 2. The van der Waals surface area contributed by atoms with E-state index in [1.54, 1.807) is 26.4 Å². The first-order valence-corrected chi connectivity index (χ1v) is 14.4. The number of carbonyl (C=O) groups is 1. The van der Waals surface area contributed by atoms with Gasteiger partial charge in [0.2, 0.25) is 5.91 Å². The molecular weight excluding hydrogens is 517 g/mol. The van der Waals surface area contributed by atoms with Crippen LogP contribution in [0.5, 0.6) is 11.5 Å². The summed E-state index contributed by atoms with van der Waals surface area (Å²) in [5, 5.41) is 1.24. The van der Waals surface area contributed by atoms with Crippen LogP contribution in [0.25, 0.3) is 10.9 Å². The van der Waals surface area contributed by atoms with Gasteiger partial charge in [-0.25, -0.2) is 4.39 Å². The molecule has 1 aliphatic carbocycles. The van der Waals surface area contributed by atoms with Crippen LogP contribution >= 0.6 is 0 Å². The lowest BCUT2D eigenvalue weighted by Crippen LogP contribution is -2.58. The quantitative estimate of drug-likeness (QED) is 0.309. The molecule has 1 N–H and O–H groups in total. The molecule has 1 saturated carbocycles. The number of fused-ring (bicyclic) bond motifs is 4. The maximum atomic E-state index is 14.4. The Morgan fingerprint density at radius 3 is 2.41 bits per heavy atom. The Balaban J connectivity index is 1.40. The lowest BCUT2D eigenvalue weighted by Gasteiger charge is -2.55. The van der Waals surface area contributed by atoms with Gasteiger partial charge in [0, 0.05) is 28.7 Å². The van der Waals surface area contributed by atoms with Crippen molar-refractivity contribution in [3.63, 3.8) is 0 Å². The summed E-state index contributed by atoms with van der Waals surface area (Å²) in [5.74, 6) is 1.15. The molecule has 3 aromatic carbocycles. The predicted molar refractivity (Wildman–Crippen MR) is 159 cm³/mol. The van der Waals surface area contributed by atoms with E-state index in [1.807, 2.05) is 24.3 Å². The molecule has 41 heavy (non-hydrogen) atoms. The van der Waals surface area contributed by atoms with Crippen molar-refractivity contribution in [3.8, 4) is 11.5 Å². The molecule has 1 fully saturated rings. The van der Waals surface area contributed by atoms with E-state index in [2.05, 4.69) is 53.1 Å². The van der Waals surface area contributed by atoms with Crippen LogP contribution < -0.4 is 9.47 Å². The van der Waals surface area contributed by atoms with Crippen LogP contribution in [0, 0.1) is 5.82 Å². The zero-order valence-corrected chi connectivity index (χ0v) is 24.3. The third-order valence-corrected chi connectivity index (χ3v) is 9.61. The zero-order chi connectivity index (χ0) is 28.8. The van der Waals surface area contributed by atoms with E-state index < -0.39 is 5.54 Å². The standard InChI is InChI=1S/C34H38FN3O3/c1-37(2)33(24-8-7-9-25(35)22-24)15-17-34(18-16-33)32-27(26-10-5-6-11-28(26)36-32)14-19-38(34)31(39)21-23-12-13-29(40-3)30(20-23)41-4/h5-13,20,22,36H,14-19,21H2,1-4H3. The summed E-state index contributed by atoms with van der Waals surface area (Å²) in [6.45, 7) is 0.663. The van der Waals surface area contributed by atoms with E-state index in [-0.39, 0.29) is 23.7 Å². The van der Waals surface area contributed by atoms with E-state index in [0.29, 0.717) is 18.0 Å². The Kier molecular flexibility index (Phi) is 7.02. The maximum Gasteiger partial charge on any atom is 0.227 e. The molecule has 2 aliphatic rings. The van der Waals surface area contributed by atoms with E-state index in [0.717, 1.165) is 54.4 Å². The highest BCUT2D eigenvalue weighted by Crippen LogP contribution is 2.53. The molecule has 7 heteroatoms. The van der Waals surface area contributed by atoms with Crippen LogP contribution in [0.15, 0.2) is 66.7 Å². The topological polar surface area (TPSA) is 57.8 Å². The van der Waals surface area contributed by atoms with Gasteiger partial charge in [-0.3, -0.25) is 9.69 Å². The molecule has 0 saturated heterocycles. The van der Waals surface area contributed by atoms with Gasteiger partial charge in [0.15, 0.2) is 11.5 Å². The molecule has 0 bridgehead atoms. The summed E-state index contributed by atoms with van der Waals surface area (Å²) in [4.78, 5) is 22.3. The minimum atomic E-state index is -0.465. The van der Waals surface area contributed by atoms with Gasteiger partial charge in [-0.2, -0.15) is 0 Å². The number of para-hydroxylation sites is 1. The lowest BCUT2D eigenvalue weighted by molar-refractivity contribution is -0.142. The summed E-state index contributed by atoms with van der Waals surface area (Å²) in [5.41, 5.74) is 4.70. The van der Waals surface area contributed by atoms with Crippen LogP contribution in [0.1, 0.15) is 48.1 Å². The van der Waals surface area contributed by atoms with Gasteiger partial charge < -0.3 is 19.4 Å². The van der Waals surface area contributed by atoms with E-state index in [9.17, 15) is 9.18 Å². The molecule has 1 aromatic heterocycles. The monoisotopic (exact) mass is 555 g/mol. The summed E-state index contributed by atoms with van der Waals surface area (Å²) < 4.78 is 25.3. The van der Waals surface area contributed by atoms with Gasteiger partial charge >= 0.3 is 0 Å². The molecule has 0 atom stereocenters. The summed E-state index contributed by atoms with van der Waals surface area (Å²) in [7, 11) is 7.38. The van der Waals surface area contributed by atoms with E-state index >= 15 is 0 Å². The third-order valence-electron chi connectivity index (χ3n) is 9.61. The fourth-order valence-electron chi connectivity index (χ4n) is 7.42. The van der Waals surface area contributed by atoms with Crippen molar-refractivity contribution < 1.29 is 18.7 Å². The number of hydrogen-bond donors (Lipinski definition) is 1. The number of carbonyl (C=O) groups excluding carboxylic acids is 1. The molecule has 6 nitrogen and oxygen atoms in total. The molecule has 4 aromatic rings. The lowest BCUT2D eigenvalue weighted by atomic mass is 9.65. The minimum Gasteiger partial charge on any atom is -0.493 e. The number of H-pyrrole nitrogens is 1. The van der Waals surface area contributed by atoms with Crippen LogP contribution in [-0.2, 0) is 28.7 Å². The number of rotatable bonds is 6. The molecule has 0 unspecified atom stereocenters. The number of aromatic nitrogens is 1. The van der Waals surface area contributed by atoms with Crippen LogP contribution in [-0.4, -0.2) is 55.6 Å². The van der Waals surface area contributed by atoms with Crippen LogP contribution in [0.4, 0.5) is 4.39 Å². The number of benzene rings is 3. The number of hydrogen-bond acceptors (Lipinski definition) is 4. The largest absolute Gasteiger partial charge is 0.493 e. The molecule has 1 amide bonds. The molecule has 1 spiro atoms. The average molecular weight is 556 g/mol. The number of aromatic amines is 1. The smallest absolute Gasteiger partial charge is 0.227 e. The number of nitrogens with zero attached hydrogens (tertiary/aromatic N) is 2. The van der Waals surface area contributed by atoms with Gasteiger partial charge in [0.1, 0.15) is 5.82 Å². The number of halogens is 1. The second-order valence-electron chi connectivity index (χ2n) is 11.7. The summed E-state index contributed by atoms with van der Waals surface area (Å²) in [6.07, 6.45) is 4.25. The Bertz CT molecular complexity index is 1590. The predicted octanol–water partition coefficient (Wildman–Crippen LogP) is 6.18. The normalized spacial score (nSPS) is 22.2. The Hall–Kier alpha value is -3.84. The van der Waals surface area contributed by atoms with Crippen LogP contribution in [0.2, 0.25) is 0 Å². The number of amides is 1. The Labute approximate surface area is 241 Å². The van der Waals surface area contributed by atoms with Crippen molar-refractivity contribution >= 4 is 16.8 Å². The molecule has 1 aliphatic heterocycles. The fraction of sp³-hybridized carbons (Fsp3) is 0.382. The third kappa shape index (κ3) is 4.47. The second-order valence-corrected chi connectivity index (χ2v) is 11.7. The number of nitrogens with one attached hydrogen (secondary N) is 1. The van der Waals surface area contributed by atoms with Crippen molar-refractivity contribution in [3.05, 3.63) is 94.9 Å². The molecule has 6 rings (SSSR count). The van der Waals surface area contributed by atoms with Crippen molar-refractivity contribution in [1.82, 2.24) is 14.8 Å². The van der Waals surface area contributed by atoms with Crippen LogP contribution in [0.3, 0.4) is 0 Å². The fourth-order valence-corrected chi connectivity index (χ4v) is 7.42. The van der Waals surface area contributed by atoms with Crippen molar-refractivity contribution in [2.75, 3.05) is 34.9 Å². The van der Waals surface area contributed by atoms with Gasteiger partial charge in [-0.15, -0.1) is 0 Å². The maximum absolute atomic E-state index is 14.4. The van der Waals surface area contributed by atoms with Crippen molar-refractivity contribution in [2.24, 2.45) is 0 Å². The molecule has 2 heterocycles. The van der Waals surface area contributed by atoms with Gasteiger partial charge in [-0.1, -0.05) is 36.4 Å². The molecule has 0 radical (unpaired) electrons. The molecule has 214 valence electrons. The van der Waals surface area contributed by atoms with Gasteiger partial charge in [0.25, 0.3) is 0 Å². The molecular formula is C34H38FN3O3. The van der Waals surface area contributed by atoms with E-state index in [4.69, 9.17) is 9.47 Å². The zero-order valence-electron chi connectivity index (χ0n) is 24.3. The second kappa shape index (κ2) is 10.5. The van der Waals surface area contributed by atoms with E-state index in [1.165, 1.54) is 17.0 Å². The summed E-state index contributed by atoms with van der Waals surface area (Å²) >= 11 is 0. The Morgan fingerprint density at radius 2 is 1.71 bits per heavy atom. The minimum absolute atomic E-state index is 0.102. The summed E-state index contributed by atoms with van der Waals surface area (Å²) in [6, 6.07) is 21.1. The first-order chi connectivity index (χ1) is 19.8. The Morgan fingerprint density at radius 1 is 0.951 bits per heavy atom. The van der Waals surface area contributed by atoms with Gasteiger partial charge in [-0.05, 0) is 93.2 Å². The van der Waals surface area contributed by atoms with Crippen molar-refractivity contribution in [1.29, 1.82) is 0 Å². The SMILES string of the molecule is COc1ccc(CC(=O)N2CCc3c([nH]c4ccccc34)C23CCC(c2cccc(F)c2)(N(C)C)CC3)cc1OC. The highest BCUT2D eigenvalue weighted by Gasteiger charge is 2.53. The average Bonchev–Trinajstić information content (AvgIpc) is 3.37. The first kappa shape index (κ1) is 27.3. The van der Waals surface area contributed by atoms with Gasteiger partial charge in [0.05, 0.1) is 26.2 Å². The number of methoxy groups -OCH3 is 2. The highest BCUT2D eigenvalue weighted by atomic mass is 19.1. The highest BCUT2D eigenvalue weighted by molar-refractivity contribution is 5.87. The van der Waals surface area contributed by atoms with Crippen molar-refractivity contribution in [2.45, 2.75) is 49.6 Å².